The van der Waals surface area contributed by atoms with Crippen LogP contribution in [-0.4, -0.2) is 31.6 Å². The minimum atomic E-state index is 0.113. The number of nitrogens with one attached hydrogen (secondary N) is 2. The van der Waals surface area contributed by atoms with Crippen molar-refractivity contribution in [2.24, 2.45) is 0 Å². The Morgan fingerprint density at radius 2 is 2.27 bits per heavy atom. The Labute approximate surface area is 91.1 Å². The summed E-state index contributed by atoms with van der Waals surface area (Å²) in [7, 11) is 0. The highest BCUT2D eigenvalue weighted by Gasteiger charge is 2.19. The summed E-state index contributed by atoms with van der Waals surface area (Å²) < 4.78 is 4.94. The van der Waals surface area contributed by atoms with Crippen molar-refractivity contribution < 1.29 is 9.53 Å². The molecular weight excluding hydrogens is 192 g/mol. The van der Waals surface area contributed by atoms with E-state index in [9.17, 15) is 4.79 Å². The molecule has 0 bridgehead atoms. The lowest BCUT2D eigenvalue weighted by Gasteiger charge is -2.05. The van der Waals surface area contributed by atoms with Gasteiger partial charge in [0.05, 0.1) is 12.9 Å². The van der Waals surface area contributed by atoms with Crippen molar-refractivity contribution in [3.05, 3.63) is 12.8 Å². The maximum absolute atomic E-state index is 11.3. The van der Waals surface area contributed by atoms with Crippen LogP contribution in [0.25, 0.3) is 0 Å². The quantitative estimate of drug-likeness (QED) is 0.439. The van der Waals surface area contributed by atoms with E-state index in [0.717, 1.165) is 13.0 Å². The third kappa shape index (κ3) is 6.96. The number of hydrogen-bond acceptors (Lipinski definition) is 3. The lowest BCUT2D eigenvalue weighted by atomic mass is 10.3. The summed E-state index contributed by atoms with van der Waals surface area (Å²) >= 11 is 0. The molecule has 2 N–H and O–H groups in total. The molecule has 0 atom stereocenters. The number of ether oxygens (including phenoxy) is 1. The van der Waals surface area contributed by atoms with Crippen LogP contribution in [0.4, 0.5) is 0 Å². The van der Waals surface area contributed by atoms with Gasteiger partial charge in [-0.25, -0.2) is 0 Å². The van der Waals surface area contributed by atoms with Crippen LogP contribution in [0.1, 0.15) is 25.7 Å². The van der Waals surface area contributed by atoms with Crippen molar-refractivity contribution >= 4 is 5.91 Å². The number of carbonyl (C=O) groups excluding carboxylic acids is 1. The Balaban J connectivity index is 1.82. The van der Waals surface area contributed by atoms with Crippen molar-refractivity contribution in [2.45, 2.75) is 31.7 Å². The molecule has 86 valence electrons. The van der Waals surface area contributed by atoms with E-state index < -0.39 is 0 Å². The lowest BCUT2D eigenvalue weighted by molar-refractivity contribution is -0.121. The van der Waals surface area contributed by atoms with Gasteiger partial charge in [0.2, 0.25) is 5.91 Å². The topological polar surface area (TPSA) is 50.4 Å². The molecule has 0 heterocycles. The van der Waals surface area contributed by atoms with Gasteiger partial charge in [-0.2, -0.15) is 0 Å². The summed E-state index contributed by atoms with van der Waals surface area (Å²) in [5.74, 6) is 0.113. The largest absolute Gasteiger partial charge is 0.502 e. The zero-order valence-corrected chi connectivity index (χ0v) is 9.13. The average Bonchev–Trinajstić information content (AvgIpc) is 3.01. The summed E-state index contributed by atoms with van der Waals surface area (Å²) in [5.41, 5.74) is 0. The van der Waals surface area contributed by atoms with Gasteiger partial charge in [0, 0.05) is 25.6 Å². The minimum Gasteiger partial charge on any atom is -0.502 e. The molecular formula is C11H20N2O2. The van der Waals surface area contributed by atoms with Crippen LogP contribution in [0, 0.1) is 0 Å². The molecule has 0 unspecified atom stereocenters. The molecule has 1 fully saturated rings. The highest BCUT2D eigenvalue weighted by Crippen LogP contribution is 2.18. The summed E-state index contributed by atoms with van der Waals surface area (Å²) in [6.07, 6.45) is 5.34. The fraction of sp³-hybridized carbons (Fsp3) is 0.727. The maximum atomic E-state index is 11.3. The first-order valence-electron chi connectivity index (χ1n) is 5.55. The summed E-state index contributed by atoms with van der Waals surface area (Å²) in [5, 5.41) is 6.14. The van der Waals surface area contributed by atoms with Gasteiger partial charge in [0.1, 0.15) is 0 Å². The van der Waals surface area contributed by atoms with Crippen molar-refractivity contribution in [3.8, 4) is 0 Å². The number of hydrogen-bond donors (Lipinski definition) is 2. The molecule has 0 aromatic carbocycles. The smallest absolute Gasteiger partial charge is 0.221 e. The van der Waals surface area contributed by atoms with Crippen molar-refractivity contribution in [1.29, 1.82) is 0 Å². The van der Waals surface area contributed by atoms with Crippen LogP contribution in [0.2, 0.25) is 0 Å². The summed E-state index contributed by atoms with van der Waals surface area (Å²) in [4.78, 5) is 11.3. The Kier molecular flexibility index (Phi) is 5.85. The van der Waals surface area contributed by atoms with Gasteiger partial charge in [0.25, 0.3) is 0 Å². The van der Waals surface area contributed by atoms with Crippen LogP contribution in [0.3, 0.4) is 0 Å². The minimum absolute atomic E-state index is 0.113. The van der Waals surface area contributed by atoms with E-state index in [0.29, 0.717) is 25.6 Å². The molecule has 0 radical (unpaired) electrons. The molecule has 4 heteroatoms. The van der Waals surface area contributed by atoms with Crippen LogP contribution in [0.15, 0.2) is 12.8 Å². The van der Waals surface area contributed by atoms with E-state index in [1.165, 1.54) is 19.1 Å². The molecule has 0 aliphatic heterocycles. The van der Waals surface area contributed by atoms with Crippen LogP contribution >= 0.6 is 0 Å². The number of amides is 1. The summed E-state index contributed by atoms with van der Waals surface area (Å²) in [6.45, 7) is 5.52. The molecule has 0 aromatic rings. The van der Waals surface area contributed by atoms with Gasteiger partial charge in [-0.05, 0) is 19.3 Å². The molecule has 0 aromatic heterocycles. The molecule has 4 nitrogen and oxygen atoms in total. The van der Waals surface area contributed by atoms with Gasteiger partial charge < -0.3 is 15.4 Å². The van der Waals surface area contributed by atoms with Crippen LogP contribution in [-0.2, 0) is 9.53 Å². The SMILES string of the molecule is C=COCCCNC(=O)CCNC1CC1. The van der Waals surface area contributed by atoms with E-state index in [1.807, 2.05) is 0 Å². The fourth-order valence-electron chi connectivity index (χ4n) is 1.23. The van der Waals surface area contributed by atoms with E-state index >= 15 is 0 Å². The van der Waals surface area contributed by atoms with E-state index in [4.69, 9.17) is 4.74 Å². The van der Waals surface area contributed by atoms with E-state index in [-0.39, 0.29) is 5.91 Å². The van der Waals surface area contributed by atoms with Crippen molar-refractivity contribution in [2.75, 3.05) is 19.7 Å². The molecule has 15 heavy (non-hydrogen) atoms. The van der Waals surface area contributed by atoms with Gasteiger partial charge in [0.15, 0.2) is 0 Å². The maximum Gasteiger partial charge on any atom is 0.221 e. The fourth-order valence-corrected chi connectivity index (χ4v) is 1.23. The highest BCUT2D eigenvalue weighted by molar-refractivity contribution is 5.75. The van der Waals surface area contributed by atoms with Gasteiger partial charge in [-0.3, -0.25) is 4.79 Å². The van der Waals surface area contributed by atoms with Gasteiger partial charge in [-0.15, -0.1) is 0 Å². The predicted molar refractivity (Wildman–Crippen MR) is 59.4 cm³/mol. The Morgan fingerprint density at radius 1 is 1.47 bits per heavy atom. The second-order valence-corrected chi connectivity index (χ2v) is 3.72. The standard InChI is InChI=1S/C11H20N2O2/c1-2-15-9-3-7-13-11(14)6-8-12-10-4-5-10/h2,10,12H,1,3-9H2,(H,13,14). The molecule has 1 aliphatic rings. The first-order chi connectivity index (χ1) is 7.33. The van der Waals surface area contributed by atoms with Gasteiger partial charge >= 0.3 is 0 Å². The molecule has 1 saturated carbocycles. The number of carbonyl (C=O) groups is 1. The zero-order valence-electron chi connectivity index (χ0n) is 9.13. The molecule has 1 aliphatic carbocycles. The monoisotopic (exact) mass is 212 g/mol. The molecule has 0 saturated heterocycles. The molecule has 0 spiro atoms. The van der Waals surface area contributed by atoms with Gasteiger partial charge in [-0.1, -0.05) is 6.58 Å². The third-order valence-electron chi connectivity index (χ3n) is 2.24. The van der Waals surface area contributed by atoms with Crippen molar-refractivity contribution in [1.82, 2.24) is 10.6 Å². The molecule has 1 rings (SSSR count). The molecule has 1 amide bonds. The van der Waals surface area contributed by atoms with Crippen LogP contribution < -0.4 is 10.6 Å². The Morgan fingerprint density at radius 3 is 2.93 bits per heavy atom. The second-order valence-electron chi connectivity index (χ2n) is 3.72. The normalized spacial score (nSPS) is 14.7. The average molecular weight is 212 g/mol. The lowest BCUT2D eigenvalue weighted by Crippen LogP contribution is -2.29. The third-order valence-corrected chi connectivity index (χ3v) is 2.24. The Hall–Kier alpha value is -1.03. The Bertz CT molecular complexity index is 203. The van der Waals surface area contributed by atoms with Crippen LogP contribution in [0.5, 0.6) is 0 Å². The number of rotatable bonds is 9. The van der Waals surface area contributed by atoms with E-state index in [1.54, 1.807) is 0 Å². The second kappa shape index (κ2) is 7.29. The predicted octanol–water partition coefficient (Wildman–Crippen LogP) is 0.795. The first-order valence-corrected chi connectivity index (χ1v) is 5.55. The highest BCUT2D eigenvalue weighted by atomic mass is 16.5. The summed E-state index contributed by atoms with van der Waals surface area (Å²) in [6, 6.07) is 0.679. The van der Waals surface area contributed by atoms with E-state index in [2.05, 4.69) is 17.2 Å². The zero-order chi connectivity index (χ0) is 10.9. The first kappa shape index (κ1) is 12.0. The van der Waals surface area contributed by atoms with Crippen molar-refractivity contribution in [3.63, 3.8) is 0 Å².